The van der Waals surface area contributed by atoms with Gasteiger partial charge in [0.1, 0.15) is 0 Å². The molecule has 3 heterocycles. The minimum atomic E-state index is 1.02. The van der Waals surface area contributed by atoms with E-state index in [4.69, 9.17) is 0 Å². The van der Waals surface area contributed by atoms with Crippen LogP contribution >= 0.6 is 0 Å². The molecule has 3 heteroatoms. The van der Waals surface area contributed by atoms with Crippen LogP contribution in [0.5, 0.6) is 0 Å². The van der Waals surface area contributed by atoms with Crippen molar-refractivity contribution < 1.29 is 9.13 Å². The molecule has 3 aromatic rings. The lowest BCUT2D eigenvalue weighted by Crippen LogP contribution is -2.38. The van der Waals surface area contributed by atoms with Gasteiger partial charge in [-0.05, 0) is 43.2 Å². The summed E-state index contributed by atoms with van der Waals surface area (Å²) in [6.07, 6.45) is 13.5. The topological polar surface area (TPSA) is 20.6 Å². The molecule has 0 fully saturated rings. The normalized spacial score (nSPS) is 10.7. The minimum absolute atomic E-state index is 1.02. The van der Waals surface area contributed by atoms with Gasteiger partial charge in [0.25, 0.3) is 0 Å². The third kappa shape index (κ3) is 4.22. The van der Waals surface area contributed by atoms with E-state index < -0.39 is 0 Å². The zero-order valence-electron chi connectivity index (χ0n) is 13.8. The van der Waals surface area contributed by atoms with Crippen molar-refractivity contribution in [3.63, 3.8) is 0 Å². The van der Waals surface area contributed by atoms with Crippen LogP contribution in [0.15, 0.2) is 67.5 Å². The van der Waals surface area contributed by atoms with E-state index >= 15 is 0 Å². The van der Waals surface area contributed by atoms with Crippen LogP contribution in [0.1, 0.15) is 17.5 Å². The minimum Gasteiger partial charge on any atom is -0.265 e. The standard InChI is InChI=1S/C20H23N3/c1-17-14-18(2)16-23(15-17)11-3-10-22-12-6-20(7-13-22)19-4-8-21-9-5-19/h4-9,12-16H,3,10-11H2,1-2H3/q+2. The van der Waals surface area contributed by atoms with Crippen LogP contribution in [0.2, 0.25) is 0 Å². The van der Waals surface area contributed by atoms with Crippen LogP contribution in [0.25, 0.3) is 11.1 Å². The first-order valence-electron chi connectivity index (χ1n) is 8.07. The Bertz CT molecular complexity index is 744. The van der Waals surface area contributed by atoms with Crippen molar-refractivity contribution >= 4 is 0 Å². The summed E-state index contributed by atoms with van der Waals surface area (Å²) >= 11 is 0. The number of nitrogens with zero attached hydrogens (tertiary/aromatic N) is 3. The summed E-state index contributed by atoms with van der Waals surface area (Å²) < 4.78 is 4.53. The SMILES string of the molecule is Cc1cc(C)c[n+](CCC[n+]2ccc(-c3ccncc3)cc2)c1. The highest BCUT2D eigenvalue weighted by atomic mass is 15.0. The Morgan fingerprint density at radius 3 is 2.00 bits per heavy atom. The maximum atomic E-state index is 4.06. The first-order valence-corrected chi connectivity index (χ1v) is 8.07. The fraction of sp³-hybridized carbons (Fsp3) is 0.250. The van der Waals surface area contributed by atoms with Crippen molar-refractivity contribution in [1.29, 1.82) is 0 Å². The summed E-state index contributed by atoms with van der Waals surface area (Å²) in [6, 6.07) is 10.6. The van der Waals surface area contributed by atoms with Crippen molar-refractivity contribution in [1.82, 2.24) is 4.98 Å². The molecule has 0 aliphatic rings. The van der Waals surface area contributed by atoms with E-state index in [2.05, 4.69) is 71.0 Å². The van der Waals surface area contributed by atoms with Gasteiger partial charge < -0.3 is 0 Å². The van der Waals surface area contributed by atoms with Crippen molar-refractivity contribution in [2.75, 3.05) is 0 Å². The fourth-order valence-electron chi connectivity index (χ4n) is 2.90. The highest BCUT2D eigenvalue weighted by Gasteiger charge is 2.07. The van der Waals surface area contributed by atoms with Crippen LogP contribution in [-0.4, -0.2) is 4.98 Å². The zero-order chi connectivity index (χ0) is 16.1. The molecule has 3 rings (SSSR count). The summed E-state index contributed by atoms with van der Waals surface area (Å²) in [4.78, 5) is 4.06. The van der Waals surface area contributed by atoms with E-state index in [0.29, 0.717) is 0 Å². The second kappa shape index (κ2) is 7.14. The molecule has 0 aromatic carbocycles. The van der Waals surface area contributed by atoms with Gasteiger partial charge in [-0.2, -0.15) is 0 Å². The van der Waals surface area contributed by atoms with Gasteiger partial charge in [0.15, 0.2) is 37.9 Å². The third-order valence-electron chi connectivity index (χ3n) is 3.93. The molecule has 0 aliphatic carbocycles. The summed E-state index contributed by atoms with van der Waals surface area (Å²) in [6.45, 7) is 6.37. The van der Waals surface area contributed by atoms with Gasteiger partial charge >= 0.3 is 0 Å². The highest BCUT2D eigenvalue weighted by Crippen LogP contribution is 2.15. The molecule has 0 saturated carbocycles. The van der Waals surface area contributed by atoms with Crippen LogP contribution < -0.4 is 9.13 Å². The maximum Gasteiger partial charge on any atom is 0.171 e. The van der Waals surface area contributed by atoms with Crippen LogP contribution in [-0.2, 0) is 13.1 Å². The Morgan fingerprint density at radius 1 is 0.783 bits per heavy atom. The third-order valence-corrected chi connectivity index (χ3v) is 3.93. The molecule has 0 aliphatic heterocycles. The molecule has 3 aromatic heterocycles. The second-order valence-corrected chi connectivity index (χ2v) is 6.04. The fourth-order valence-corrected chi connectivity index (χ4v) is 2.90. The van der Waals surface area contributed by atoms with Gasteiger partial charge in [-0.25, -0.2) is 9.13 Å². The van der Waals surface area contributed by atoms with Gasteiger partial charge in [-0.1, -0.05) is 0 Å². The van der Waals surface area contributed by atoms with Crippen molar-refractivity contribution in [3.05, 3.63) is 78.6 Å². The van der Waals surface area contributed by atoms with Gasteiger partial charge in [-0.15, -0.1) is 0 Å². The van der Waals surface area contributed by atoms with E-state index in [9.17, 15) is 0 Å². The molecule has 0 N–H and O–H groups in total. The number of rotatable bonds is 5. The molecule has 0 unspecified atom stereocenters. The van der Waals surface area contributed by atoms with Crippen molar-refractivity contribution in [3.8, 4) is 11.1 Å². The number of pyridine rings is 3. The van der Waals surface area contributed by atoms with Crippen molar-refractivity contribution in [2.45, 2.75) is 33.4 Å². The Balaban J connectivity index is 1.58. The van der Waals surface area contributed by atoms with E-state index in [0.717, 1.165) is 19.5 Å². The number of hydrogen-bond acceptors (Lipinski definition) is 1. The summed E-state index contributed by atoms with van der Waals surface area (Å²) in [5.41, 5.74) is 5.07. The van der Waals surface area contributed by atoms with Gasteiger partial charge in [0, 0.05) is 35.7 Å². The Hall–Kier alpha value is -2.55. The lowest BCUT2D eigenvalue weighted by molar-refractivity contribution is -0.727. The molecule has 0 amide bonds. The predicted octanol–water partition coefficient (Wildman–Crippen LogP) is 3.03. The van der Waals surface area contributed by atoms with Crippen LogP contribution in [0.3, 0.4) is 0 Å². The van der Waals surface area contributed by atoms with Gasteiger partial charge in [0.2, 0.25) is 0 Å². The van der Waals surface area contributed by atoms with Gasteiger partial charge in [0.05, 0.1) is 6.42 Å². The Labute approximate surface area is 137 Å². The molecule has 3 nitrogen and oxygen atoms in total. The Morgan fingerprint density at radius 2 is 1.35 bits per heavy atom. The second-order valence-electron chi connectivity index (χ2n) is 6.04. The van der Waals surface area contributed by atoms with Crippen LogP contribution in [0.4, 0.5) is 0 Å². The monoisotopic (exact) mass is 305 g/mol. The largest absolute Gasteiger partial charge is 0.265 e. The number of aromatic nitrogens is 3. The quantitative estimate of drug-likeness (QED) is 0.664. The lowest BCUT2D eigenvalue weighted by Gasteiger charge is -2.01. The zero-order valence-corrected chi connectivity index (χ0v) is 13.8. The molecule has 0 radical (unpaired) electrons. The molecule has 116 valence electrons. The lowest BCUT2D eigenvalue weighted by atomic mass is 10.1. The molecular weight excluding hydrogens is 282 g/mol. The van der Waals surface area contributed by atoms with E-state index in [1.165, 1.54) is 22.3 Å². The van der Waals surface area contributed by atoms with E-state index in [-0.39, 0.29) is 0 Å². The first kappa shape index (κ1) is 15.3. The molecular formula is C20H23N3+2. The first-order chi connectivity index (χ1) is 11.2. The average molecular weight is 305 g/mol. The maximum absolute atomic E-state index is 4.06. The van der Waals surface area contributed by atoms with E-state index in [1.54, 1.807) is 0 Å². The molecule has 23 heavy (non-hydrogen) atoms. The number of hydrogen-bond donors (Lipinski definition) is 0. The predicted molar refractivity (Wildman–Crippen MR) is 90.6 cm³/mol. The summed E-state index contributed by atoms with van der Waals surface area (Å²) in [5.74, 6) is 0. The highest BCUT2D eigenvalue weighted by molar-refractivity contribution is 5.61. The average Bonchev–Trinajstić information content (AvgIpc) is 2.55. The number of aryl methyl sites for hydroxylation is 4. The molecule has 0 atom stereocenters. The van der Waals surface area contributed by atoms with E-state index in [1.807, 2.05) is 24.5 Å². The smallest absolute Gasteiger partial charge is 0.171 e. The molecule has 0 spiro atoms. The summed E-state index contributed by atoms with van der Waals surface area (Å²) in [7, 11) is 0. The molecule has 0 bridgehead atoms. The van der Waals surface area contributed by atoms with Crippen molar-refractivity contribution in [2.24, 2.45) is 0 Å². The molecule has 0 saturated heterocycles. The van der Waals surface area contributed by atoms with Crippen LogP contribution in [0, 0.1) is 13.8 Å². The summed E-state index contributed by atoms with van der Waals surface area (Å²) in [5, 5.41) is 0. The van der Waals surface area contributed by atoms with Gasteiger partial charge in [-0.3, -0.25) is 4.98 Å². The Kier molecular flexibility index (Phi) is 4.77.